The van der Waals surface area contributed by atoms with Gasteiger partial charge < -0.3 is 0 Å². The summed E-state index contributed by atoms with van der Waals surface area (Å²) in [4.78, 5) is 11.1. The lowest BCUT2D eigenvalue weighted by Crippen LogP contribution is -2.00. The van der Waals surface area contributed by atoms with E-state index >= 15 is 0 Å². The molecule has 0 bridgehead atoms. The first kappa shape index (κ1) is 15.9. The van der Waals surface area contributed by atoms with Crippen LogP contribution in [-0.4, -0.2) is 13.7 Å². The van der Waals surface area contributed by atoms with E-state index in [9.17, 15) is 13.2 Å². The van der Waals surface area contributed by atoms with Gasteiger partial charge in [-0.25, -0.2) is 8.42 Å². The van der Waals surface area contributed by atoms with Crippen molar-refractivity contribution in [1.82, 2.24) is 0 Å². The van der Waals surface area contributed by atoms with Gasteiger partial charge in [0.1, 0.15) is 0 Å². The molecule has 0 radical (unpaired) electrons. The molecule has 0 amide bonds. The van der Waals surface area contributed by atoms with E-state index in [1.54, 1.807) is 18.2 Å². The van der Waals surface area contributed by atoms with Gasteiger partial charge in [0.15, 0.2) is 0 Å². The molecule has 1 rings (SSSR count). The molecule has 0 spiro atoms. The van der Waals surface area contributed by atoms with Crippen molar-refractivity contribution in [3.05, 3.63) is 40.5 Å². The van der Waals surface area contributed by atoms with Gasteiger partial charge >= 0.3 is 0 Å². The van der Waals surface area contributed by atoms with Gasteiger partial charge in [-0.3, -0.25) is 8.98 Å². The van der Waals surface area contributed by atoms with Crippen LogP contribution in [0.5, 0.6) is 0 Å². The molecule has 0 saturated heterocycles. The van der Waals surface area contributed by atoms with Gasteiger partial charge in [-0.05, 0) is 61.2 Å². The Hall–Kier alpha value is -1.17. The van der Waals surface area contributed by atoms with E-state index in [4.69, 9.17) is 11.6 Å². The maximum absolute atomic E-state index is 11.1. The lowest BCUT2D eigenvalue weighted by molar-refractivity contribution is 0.108. The number of carbonyl (C=O) groups excluding carboxylic acids is 1. The summed E-state index contributed by atoms with van der Waals surface area (Å²) in [7, 11) is -2.93. The van der Waals surface area contributed by atoms with Crippen LogP contribution in [0.15, 0.2) is 23.8 Å². The first-order valence-electron chi connectivity index (χ1n) is 5.57. The highest BCUT2D eigenvalue weighted by Crippen LogP contribution is 2.24. The molecule has 0 unspecified atom stereocenters. The van der Waals surface area contributed by atoms with E-state index < -0.39 is 16.2 Å². The summed E-state index contributed by atoms with van der Waals surface area (Å²) in [5.74, 6) is 0. The number of benzene rings is 1. The monoisotopic (exact) mass is 302 g/mol. The summed E-state index contributed by atoms with van der Waals surface area (Å²) < 4.78 is 25.6. The van der Waals surface area contributed by atoms with E-state index in [0.717, 1.165) is 16.7 Å². The second-order valence-electron chi connectivity index (χ2n) is 4.27. The second-order valence-corrected chi connectivity index (χ2v) is 5.32. The van der Waals surface area contributed by atoms with E-state index in [2.05, 4.69) is 4.18 Å². The van der Waals surface area contributed by atoms with Crippen LogP contribution in [0.3, 0.4) is 0 Å². The molecule has 0 aliphatic carbocycles. The molecule has 0 heterocycles. The molecule has 1 aromatic carbocycles. The van der Waals surface area contributed by atoms with Crippen molar-refractivity contribution in [2.75, 3.05) is 0 Å². The predicted molar refractivity (Wildman–Crippen MR) is 75.7 cm³/mol. The van der Waals surface area contributed by atoms with Crippen molar-refractivity contribution in [3.63, 3.8) is 0 Å². The fourth-order valence-electron chi connectivity index (χ4n) is 1.59. The molecular weight excluding hydrogens is 288 g/mol. The zero-order valence-electron chi connectivity index (χ0n) is 10.9. The first-order valence-corrected chi connectivity index (χ1v) is 7.04. The van der Waals surface area contributed by atoms with Crippen molar-refractivity contribution >= 4 is 33.4 Å². The molecule has 4 nitrogen and oxygen atoms in total. The highest BCUT2D eigenvalue weighted by atomic mass is 35.5. The molecule has 0 fully saturated rings. The van der Waals surface area contributed by atoms with Crippen molar-refractivity contribution in [2.24, 2.45) is 0 Å². The number of allylic oxidation sites excluding steroid dienone is 2. The minimum absolute atomic E-state index is 0.114. The molecular formula is C13H15ClO4S. The molecule has 0 atom stereocenters. The fraction of sp³-hybridized carbons (Fsp3) is 0.308. The van der Waals surface area contributed by atoms with Crippen LogP contribution in [0.1, 0.15) is 42.3 Å². The van der Waals surface area contributed by atoms with Gasteiger partial charge in [-0.1, -0.05) is 11.6 Å². The van der Waals surface area contributed by atoms with Gasteiger partial charge in [0, 0.05) is 5.56 Å². The van der Waals surface area contributed by atoms with Crippen LogP contribution in [-0.2, 0) is 21.8 Å². The number of rotatable bonds is 5. The minimum Gasteiger partial charge on any atom is -0.276 e. The van der Waals surface area contributed by atoms with Gasteiger partial charge in [-0.2, -0.15) is 0 Å². The standard InChI is InChI=1S/C13H15ClO4S/c1-8(2)9(3)12-5-4-10(13(14)15)6-11(12)7-18-19(16)17/h4-6,19H,7H2,1-3H3. The number of thiol groups is 1. The third kappa shape index (κ3) is 4.45. The molecule has 0 aliphatic rings. The molecule has 0 aromatic heterocycles. The fourth-order valence-corrected chi connectivity index (χ4v) is 1.95. The van der Waals surface area contributed by atoms with E-state index in [-0.39, 0.29) is 6.61 Å². The molecule has 0 saturated carbocycles. The second kappa shape index (κ2) is 6.84. The van der Waals surface area contributed by atoms with Crippen molar-refractivity contribution < 1.29 is 17.4 Å². The number of halogens is 1. The van der Waals surface area contributed by atoms with E-state index in [1.165, 1.54) is 0 Å². The van der Waals surface area contributed by atoms with Gasteiger partial charge in [0.05, 0.1) is 6.61 Å². The largest absolute Gasteiger partial charge is 0.276 e. The van der Waals surface area contributed by atoms with Gasteiger partial charge in [0.2, 0.25) is 0 Å². The Bertz CT molecular complexity index is 591. The normalized spacial score (nSPS) is 10.6. The SMILES string of the molecule is CC(C)=C(C)c1ccc(C(=O)Cl)cc1CO[SH](=O)=O. The molecule has 19 heavy (non-hydrogen) atoms. The van der Waals surface area contributed by atoms with Crippen molar-refractivity contribution in [2.45, 2.75) is 27.4 Å². The molecule has 0 N–H and O–H groups in total. The average Bonchev–Trinajstić information content (AvgIpc) is 2.34. The minimum atomic E-state index is -2.93. The van der Waals surface area contributed by atoms with Gasteiger partial charge in [0.25, 0.3) is 16.2 Å². The smallest absolute Gasteiger partial charge is 0.257 e. The summed E-state index contributed by atoms with van der Waals surface area (Å²) >= 11 is 5.42. The summed E-state index contributed by atoms with van der Waals surface area (Å²) in [6, 6.07) is 4.91. The highest BCUT2D eigenvalue weighted by molar-refractivity contribution is 7.67. The Balaban J connectivity index is 3.30. The van der Waals surface area contributed by atoms with Crippen LogP contribution in [0.4, 0.5) is 0 Å². The molecule has 0 aliphatic heterocycles. The van der Waals surface area contributed by atoms with E-state index in [1.807, 2.05) is 20.8 Å². The van der Waals surface area contributed by atoms with E-state index in [0.29, 0.717) is 11.1 Å². The number of carbonyl (C=O) groups is 1. The Morgan fingerprint density at radius 3 is 2.37 bits per heavy atom. The zero-order chi connectivity index (χ0) is 14.6. The Morgan fingerprint density at radius 1 is 1.26 bits per heavy atom. The van der Waals surface area contributed by atoms with Crippen LogP contribution >= 0.6 is 11.6 Å². The number of hydrogen-bond acceptors (Lipinski definition) is 4. The maximum Gasteiger partial charge on any atom is 0.257 e. The van der Waals surface area contributed by atoms with Crippen molar-refractivity contribution in [1.29, 1.82) is 0 Å². The van der Waals surface area contributed by atoms with Gasteiger partial charge in [-0.15, -0.1) is 0 Å². The maximum atomic E-state index is 11.1. The predicted octanol–water partition coefficient (Wildman–Crippen LogP) is 2.92. The summed E-state index contributed by atoms with van der Waals surface area (Å²) in [6.45, 7) is 5.72. The Morgan fingerprint density at radius 2 is 1.89 bits per heavy atom. The topological polar surface area (TPSA) is 60.4 Å². The van der Waals surface area contributed by atoms with Crippen LogP contribution < -0.4 is 0 Å². The Kier molecular flexibility index (Phi) is 5.72. The quantitative estimate of drug-likeness (QED) is 0.671. The number of hydrogen-bond donors (Lipinski definition) is 1. The highest BCUT2D eigenvalue weighted by Gasteiger charge is 2.10. The third-order valence-electron chi connectivity index (χ3n) is 2.81. The Labute approximate surface area is 119 Å². The summed E-state index contributed by atoms with van der Waals surface area (Å²) in [6.07, 6.45) is 0. The lowest BCUT2D eigenvalue weighted by atomic mass is 9.96. The molecule has 6 heteroatoms. The zero-order valence-corrected chi connectivity index (χ0v) is 12.5. The molecule has 1 aromatic rings. The molecule has 104 valence electrons. The average molecular weight is 303 g/mol. The summed E-state index contributed by atoms with van der Waals surface area (Å²) in [5.41, 5.74) is 3.88. The van der Waals surface area contributed by atoms with Crippen molar-refractivity contribution in [3.8, 4) is 0 Å². The van der Waals surface area contributed by atoms with Crippen LogP contribution in [0.25, 0.3) is 5.57 Å². The van der Waals surface area contributed by atoms with Crippen LogP contribution in [0, 0.1) is 0 Å². The van der Waals surface area contributed by atoms with Crippen LogP contribution in [0.2, 0.25) is 0 Å². The lowest BCUT2D eigenvalue weighted by Gasteiger charge is -2.11. The first-order chi connectivity index (χ1) is 8.82. The third-order valence-corrected chi connectivity index (χ3v) is 3.37. The summed E-state index contributed by atoms with van der Waals surface area (Å²) in [5, 5.41) is -0.589.